The van der Waals surface area contributed by atoms with E-state index in [9.17, 15) is 9.59 Å². The molecule has 1 rings (SSSR count). The highest BCUT2D eigenvalue weighted by Gasteiger charge is 2.19. The van der Waals surface area contributed by atoms with E-state index in [0.717, 1.165) is 12.3 Å². The van der Waals surface area contributed by atoms with Crippen molar-refractivity contribution in [2.45, 2.75) is 58.4 Å². The molecule has 110 valence electrons. The summed E-state index contributed by atoms with van der Waals surface area (Å²) >= 11 is 0. The first-order chi connectivity index (χ1) is 9.00. The third kappa shape index (κ3) is 5.94. The number of hydrogen-bond acceptors (Lipinski definition) is 2. The van der Waals surface area contributed by atoms with Gasteiger partial charge in [0.2, 0.25) is 0 Å². The van der Waals surface area contributed by atoms with E-state index in [4.69, 9.17) is 5.11 Å². The minimum atomic E-state index is -0.871. The van der Waals surface area contributed by atoms with Gasteiger partial charge in [-0.05, 0) is 26.2 Å². The lowest BCUT2D eigenvalue weighted by Gasteiger charge is -2.26. The van der Waals surface area contributed by atoms with Crippen LogP contribution in [-0.2, 0) is 4.79 Å². The van der Waals surface area contributed by atoms with Crippen LogP contribution in [0.5, 0.6) is 0 Å². The summed E-state index contributed by atoms with van der Waals surface area (Å²) < 4.78 is 0. The van der Waals surface area contributed by atoms with E-state index in [1.54, 1.807) is 4.90 Å². The molecule has 0 bridgehead atoms. The number of aliphatic carboxylic acids is 1. The molecule has 2 N–H and O–H groups in total. The second-order valence-electron chi connectivity index (χ2n) is 5.60. The van der Waals surface area contributed by atoms with Crippen LogP contribution in [0.4, 0.5) is 4.79 Å². The van der Waals surface area contributed by atoms with Gasteiger partial charge < -0.3 is 15.3 Å². The molecule has 0 radical (unpaired) electrons. The van der Waals surface area contributed by atoms with Crippen LogP contribution in [0, 0.1) is 5.92 Å². The van der Waals surface area contributed by atoms with Crippen LogP contribution in [-0.4, -0.2) is 41.1 Å². The van der Waals surface area contributed by atoms with Crippen molar-refractivity contribution >= 4 is 12.0 Å². The highest BCUT2D eigenvalue weighted by atomic mass is 16.4. The van der Waals surface area contributed by atoms with Crippen molar-refractivity contribution in [3.63, 3.8) is 0 Å². The molecule has 0 aromatic rings. The molecular weight excluding hydrogens is 244 g/mol. The number of carbonyl (C=O) groups is 2. The predicted octanol–water partition coefficient (Wildman–Crippen LogP) is 2.46. The molecule has 1 saturated carbocycles. The first-order valence-electron chi connectivity index (χ1n) is 7.27. The molecule has 2 amide bonds. The Labute approximate surface area is 115 Å². The van der Waals surface area contributed by atoms with Crippen molar-refractivity contribution in [2.24, 2.45) is 5.92 Å². The average molecular weight is 270 g/mol. The SMILES string of the molecule is CC(C)N(CCC(=O)O)C(=O)NCCC1CCCC1. The van der Waals surface area contributed by atoms with Crippen LogP contribution in [0.15, 0.2) is 0 Å². The van der Waals surface area contributed by atoms with E-state index in [-0.39, 0.29) is 25.0 Å². The Kier molecular flexibility index (Phi) is 6.67. The molecule has 0 atom stereocenters. The molecule has 0 aliphatic heterocycles. The van der Waals surface area contributed by atoms with Gasteiger partial charge in [0.25, 0.3) is 0 Å². The van der Waals surface area contributed by atoms with Crippen molar-refractivity contribution in [3.05, 3.63) is 0 Å². The summed E-state index contributed by atoms with van der Waals surface area (Å²) in [6, 6.07) is -0.125. The first kappa shape index (κ1) is 15.8. The summed E-state index contributed by atoms with van der Waals surface area (Å²) in [6.45, 7) is 4.76. The summed E-state index contributed by atoms with van der Waals surface area (Å²) in [5, 5.41) is 11.6. The molecule has 0 spiro atoms. The maximum absolute atomic E-state index is 12.0. The van der Waals surface area contributed by atoms with Gasteiger partial charge in [0.15, 0.2) is 0 Å². The fourth-order valence-electron chi connectivity index (χ4n) is 2.59. The fraction of sp³-hybridized carbons (Fsp3) is 0.857. The largest absolute Gasteiger partial charge is 0.481 e. The zero-order valence-corrected chi connectivity index (χ0v) is 12.0. The van der Waals surface area contributed by atoms with Crippen LogP contribution in [0.25, 0.3) is 0 Å². The highest BCUT2D eigenvalue weighted by molar-refractivity contribution is 5.75. The van der Waals surface area contributed by atoms with Crippen molar-refractivity contribution in [1.82, 2.24) is 10.2 Å². The van der Waals surface area contributed by atoms with Gasteiger partial charge in [-0.15, -0.1) is 0 Å². The molecule has 1 aliphatic carbocycles. The van der Waals surface area contributed by atoms with Crippen LogP contribution in [0.1, 0.15) is 52.4 Å². The van der Waals surface area contributed by atoms with Crippen molar-refractivity contribution < 1.29 is 14.7 Å². The van der Waals surface area contributed by atoms with Crippen LogP contribution in [0.2, 0.25) is 0 Å². The van der Waals surface area contributed by atoms with Gasteiger partial charge in [0.05, 0.1) is 6.42 Å². The number of nitrogens with zero attached hydrogens (tertiary/aromatic N) is 1. The van der Waals surface area contributed by atoms with Crippen molar-refractivity contribution in [2.75, 3.05) is 13.1 Å². The van der Waals surface area contributed by atoms with Gasteiger partial charge in [0.1, 0.15) is 0 Å². The Balaban J connectivity index is 2.28. The second-order valence-corrected chi connectivity index (χ2v) is 5.60. The molecule has 0 aromatic heterocycles. The number of urea groups is 1. The van der Waals surface area contributed by atoms with E-state index in [2.05, 4.69) is 5.32 Å². The zero-order chi connectivity index (χ0) is 14.3. The summed E-state index contributed by atoms with van der Waals surface area (Å²) in [5.41, 5.74) is 0. The van der Waals surface area contributed by atoms with Crippen LogP contribution in [0.3, 0.4) is 0 Å². The Morgan fingerprint density at radius 3 is 2.47 bits per heavy atom. The molecule has 0 heterocycles. The number of hydrogen-bond donors (Lipinski definition) is 2. The normalized spacial score (nSPS) is 15.7. The Hall–Kier alpha value is -1.26. The summed E-state index contributed by atoms with van der Waals surface area (Å²) in [7, 11) is 0. The van der Waals surface area contributed by atoms with Gasteiger partial charge >= 0.3 is 12.0 Å². The summed E-state index contributed by atoms with van der Waals surface area (Å²) in [4.78, 5) is 24.2. The number of carboxylic acids is 1. The third-order valence-corrected chi connectivity index (χ3v) is 3.75. The maximum atomic E-state index is 12.0. The average Bonchev–Trinajstić information content (AvgIpc) is 2.81. The van der Waals surface area contributed by atoms with E-state index < -0.39 is 5.97 Å². The topological polar surface area (TPSA) is 69.6 Å². The molecule has 1 aliphatic rings. The molecular formula is C14H26N2O3. The highest BCUT2D eigenvalue weighted by Crippen LogP contribution is 2.26. The zero-order valence-electron chi connectivity index (χ0n) is 12.0. The minimum absolute atomic E-state index is 0.00573. The lowest BCUT2D eigenvalue weighted by atomic mass is 10.0. The molecule has 5 nitrogen and oxygen atoms in total. The van der Waals surface area contributed by atoms with E-state index in [1.807, 2.05) is 13.8 Å². The quantitative estimate of drug-likeness (QED) is 0.746. The fourth-order valence-corrected chi connectivity index (χ4v) is 2.59. The monoisotopic (exact) mass is 270 g/mol. The van der Waals surface area contributed by atoms with Gasteiger partial charge in [-0.3, -0.25) is 4.79 Å². The second kappa shape index (κ2) is 8.02. The smallest absolute Gasteiger partial charge is 0.317 e. The van der Waals surface area contributed by atoms with Crippen molar-refractivity contribution in [3.8, 4) is 0 Å². The van der Waals surface area contributed by atoms with Gasteiger partial charge in [-0.2, -0.15) is 0 Å². The Morgan fingerprint density at radius 1 is 1.32 bits per heavy atom. The molecule has 0 unspecified atom stereocenters. The Morgan fingerprint density at radius 2 is 1.95 bits per heavy atom. The first-order valence-corrected chi connectivity index (χ1v) is 7.27. The molecule has 0 saturated heterocycles. The van der Waals surface area contributed by atoms with Gasteiger partial charge in [-0.25, -0.2) is 4.79 Å². The molecule has 5 heteroatoms. The lowest BCUT2D eigenvalue weighted by molar-refractivity contribution is -0.137. The lowest BCUT2D eigenvalue weighted by Crippen LogP contribution is -2.45. The summed E-state index contributed by atoms with van der Waals surface area (Å²) in [6.07, 6.45) is 6.22. The van der Waals surface area contributed by atoms with E-state index in [0.29, 0.717) is 6.54 Å². The molecule has 1 fully saturated rings. The standard InChI is InChI=1S/C14H26N2O3/c1-11(2)16(10-8-13(17)18)14(19)15-9-7-12-5-3-4-6-12/h11-12H,3-10H2,1-2H3,(H,15,19)(H,17,18). The van der Waals surface area contributed by atoms with Gasteiger partial charge in [-0.1, -0.05) is 25.7 Å². The predicted molar refractivity (Wildman–Crippen MR) is 74.1 cm³/mol. The summed E-state index contributed by atoms with van der Waals surface area (Å²) in [5.74, 6) is -0.115. The Bertz CT molecular complexity index is 299. The maximum Gasteiger partial charge on any atom is 0.317 e. The number of nitrogens with one attached hydrogen (secondary N) is 1. The third-order valence-electron chi connectivity index (χ3n) is 3.75. The minimum Gasteiger partial charge on any atom is -0.481 e. The van der Waals surface area contributed by atoms with Gasteiger partial charge in [0, 0.05) is 19.1 Å². The molecule has 0 aromatic carbocycles. The van der Waals surface area contributed by atoms with Crippen molar-refractivity contribution in [1.29, 1.82) is 0 Å². The number of carbonyl (C=O) groups excluding carboxylic acids is 1. The van der Waals surface area contributed by atoms with Crippen LogP contribution < -0.4 is 5.32 Å². The van der Waals surface area contributed by atoms with E-state index in [1.165, 1.54) is 25.7 Å². The number of amides is 2. The molecule has 19 heavy (non-hydrogen) atoms. The van der Waals surface area contributed by atoms with Crippen LogP contribution >= 0.6 is 0 Å². The number of rotatable bonds is 7. The number of carboxylic acid groups (broad SMARTS) is 1. The van der Waals surface area contributed by atoms with E-state index >= 15 is 0 Å².